The van der Waals surface area contributed by atoms with E-state index in [1.54, 1.807) is 13.2 Å². The molecule has 6 nitrogen and oxygen atoms in total. The number of H-pyrrole nitrogens is 1. The maximum absolute atomic E-state index is 13.5. The Morgan fingerprint density at radius 3 is 2.53 bits per heavy atom. The number of aromatic nitrogens is 3. The van der Waals surface area contributed by atoms with Crippen molar-refractivity contribution >= 4 is 32.5 Å². The van der Waals surface area contributed by atoms with Crippen LogP contribution in [0.2, 0.25) is 0 Å². The van der Waals surface area contributed by atoms with Gasteiger partial charge >= 0.3 is 5.69 Å². The first-order valence-corrected chi connectivity index (χ1v) is 10.3. The Bertz CT molecular complexity index is 1530. The Kier molecular flexibility index (Phi) is 4.15. The van der Waals surface area contributed by atoms with Crippen molar-refractivity contribution < 1.29 is 4.74 Å². The first-order chi connectivity index (χ1) is 14.5. The van der Waals surface area contributed by atoms with Crippen LogP contribution >= 0.6 is 11.3 Å². The van der Waals surface area contributed by atoms with E-state index in [1.807, 2.05) is 67.2 Å². The smallest absolute Gasteiger partial charge is 0.334 e. The molecule has 5 aromatic rings. The molecule has 0 saturated carbocycles. The summed E-state index contributed by atoms with van der Waals surface area (Å²) in [6.45, 7) is 1.96. The van der Waals surface area contributed by atoms with E-state index in [2.05, 4.69) is 4.98 Å². The summed E-state index contributed by atoms with van der Waals surface area (Å²) in [5.74, 6) is 0.748. The molecule has 2 aromatic carbocycles. The molecule has 0 aliphatic rings. The topological polar surface area (TPSA) is 69.0 Å². The number of nitrogens with zero attached hydrogens (tertiary/aromatic N) is 2. The van der Waals surface area contributed by atoms with Gasteiger partial charge in [0.1, 0.15) is 10.6 Å². The first-order valence-electron chi connectivity index (χ1n) is 9.46. The highest BCUT2D eigenvalue weighted by molar-refractivity contribution is 7.19. The van der Waals surface area contributed by atoms with Gasteiger partial charge in [-0.2, -0.15) is 0 Å². The molecular formula is C23H19N3O3S. The summed E-state index contributed by atoms with van der Waals surface area (Å²) in [5, 5.41) is 1.49. The van der Waals surface area contributed by atoms with Crippen molar-refractivity contribution in [3.63, 3.8) is 0 Å². The van der Waals surface area contributed by atoms with Crippen LogP contribution in [0.25, 0.3) is 37.9 Å². The molecule has 0 atom stereocenters. The van der Waals surface area contributed by atoms with E-state index in [4.69, 9.17) is 4.74 Å². The van der Waals surface area contributed by atoms with Crippen LogP contribution in [0.4, 0.5) is 0 Å². The number of aromatic amines is 1. The number of hydrogen-bond acceptors (Lipinski definition) is 4. The SMILES string of the molecule is COc1ccc(-c2c(C)sc3[nH]c(=O)n(-c4ccc5c(ccn5C)c4)c(=O)c23)cc1. The van der Waals surface area contributed by atoms with Crippen molar-refractivity contribution in [1.82, 2.24) is 14.1 Å². The van der Waals surface area contributed by atoms with Crippen LogP contribution in [-0.4, -0.2) is 21.2 Å². The maximum Gasteiger partial charge on any atom is 0.334 e. The zero-order chi connectivity index (χ0) is 21.0. The van der Waals surface area contributed by atoms with Gasteiger partial charge in [0.25, 0.3) is 5.56 Å². The van der Waals surface area contributed by atoms with Crippen LogP contribution in [0, 0.1) is 6.92 Å². The lowest BCUT2D eigenvalue weighted by atomic mass is 10.0. The number of nitrogens with one attached hydrogen (secondary N) is 1. The van der Waals surface area contributed by atoms with Crippen LogP contribution < -0.4 is 16.0 Å². The lowest BCUT2D eigenvalue weighted by molar-refractivity contribution is 0.415. The fourth-order valence-electron chi connectivity index (χ4n) is 3.94. The Morgan fingerprint density at radius 1 is 1.03 bits per heavy atom. The minimum atomic E-state index is -0.440. The Hall–Kier alpha value is -3.58. The van der Waals surface area contributed by atoms with Crippen molar-refractivity contribution in [3.8, 4) is 22.6 Å². The number of thiophene rings is 1. The predicted octanol–water partition coefficient (Wildman–Crippen LogP) is 4.22. The quantitative estimate of drug-likeness (QED) is 0.478. The Morgan fingerprint density at radius 2 is 1.80 bits per heavy atom. The van der Waals surface area contributed by atoms with Crippen molar-refractivity contribution in [1.29, 1.82) is 0 Å². The lowest BCUT2D eigenvalue weighted by Gasteiger charge is -2.08. The highest BCUT2D eigenvalue weighted by Gasteiger charge is 2.19. The van der Waals surface area contributed by atoms with Gasteiger partial charge < -0.3 is 9.30 Å². The summed E-state index contributed by atoms with van der Waals surface area (Å²) in [6, 6.07) is 15.1. The van der Waals surface area contributed by atoms with Gasteiger partial charge in [0, 0.05) is 34.6 Å². The second kappa shape index (κ2) is 6.74. The van der Waals surface area contributed by atoms with E-state index >= 15 is 0 Å². The third-order valence-corrected chi connectivity index (χ3v) is 6.45. The maximum atomic E-state index is 13.5. The van der Waals surface area contributed by atoms with Gasteiger partial charge in [-0.05, 0) is 48.9 Å². The molecule has 0 fully saturated rings. The standard InChI is InChI=1S/C23H19N3O3S/c1-13-19(14-4-7-17(29-3)8-5-14)20-21(30-13)24-23(28)26(22(20)27)16-6-9-18-15(12-16)10-11-25(18)2/h4-12H,1-3H3,(H,24,28). The molecule has 5 rings (SSSR count). The number of ether oxygens (including phenoxy) is 1. The number of rotatable bonds is 3. The van der Waals surface area contributed by atoms with Crippen molar-refractivity contribution in [3.05, 3.63) is 80.4 Å². The largest absolute Gasteiger partial charge is 0.497 e. The summed E-state index contributed by atoms with van der Waals surface area (Å²) in [5.41, 5.74) is 2.58. The van der Waals surface area contributed by atoms with Gasteiger partial charge in [-0.3, -0.25) is 9.78 Å². The van der Waals surface area contributed by atoms with Crippen LogP contribution in [-0.2, 0) is 7.05 Å². The van der Waals surface area contributed by atoms with E-state index in [0.717, 1.165) is 32.7 Å². The van der Waals surface area contributed by atoms with Crippen molar-refractivity contribution in [2.75, 3.05) is 7.11 Å². The third kappa shape index (κ3) is 2.70. The highest BCUT2D eigenvalue weighted by Crippen LogP contribution is 2.36. The molecule has 0 radical (unpaired) electrons. The minimum Gasteiger partial charge on any atom is -0.497 e. The van der Waals surface area contributed by atoms with Crippen LogP contribution in [0.15, 0.2) is 64.3 Å². The monoisotopic (exact) mass is 417 g/mol. The Balaban J connectivity index is 1.79. The average molecular weight is 417 g/mol. The number of benzene rings is 2. The normalized spacial score (nSPS) is 11.4. The molecule has 0 bridgehead atoms. The van der Waals surface area contributed by atoms with E-state index in [9.17, 15) is 9.59 Å². The number of aryl methyl sites for hydroxylation is 2. The van der Waals surface area contributed by atoms with Gasteiger partial charge in [0.15, 0.2) is 0 Å². The van der Waals surface area contributed by atoms with Crippen LogP contribution in [0.5, 0.6) is 5.75 Å². The lowest BCUT2D eigenvalue weighted by Crippen LogP contribution is -2.33. The predicted molar refractivity (Wildman–Crippen MR) is 121 cm³/mol. The molecule has 0 saturated heterocycles. The van der Waals surface area contributed by atoms with E-state index < -0.39 is 5.69 Å². The zero-order valence-corrected chi connectivity index (χ0v) is 17.5. The molecule has 0 unspecified atom stereocenters. The Labute approximate surface area is 175 Å². The first kappa shape index (κ1) is 18.4. The average Bonchev–Trinajstić information content (AvgIpc) is 3.27. The van der Waals surface area contributed by atoms with E-state index in [1.165, 1.54) is 15.9 Å². The summed E-state index contributed by atoms with van der Waals surface area (Å²) < 4.78 is 8.46. The van der Waals surface area contributed by atoms with Crippen LogP contribution in [0.3, 0.4) is 0 Å². The fourth-order valence-corrected chi connectivity index (χ4v) is 5.00. The minimum absolute atomic E-state index is 0.320. The molecule has 3 heterocycles. The molecule has 0 aliphatic carbocycles. The molecule has 150 valence electrons. The van der Waals surface area contributed by atoms with Gasteiger partial charge in [-0.15, -0.1) is 11.3 Å². The molecular weight excluding hydrogens is 398 g/mol. The zero-order valence-electron chi connectivity index (χ0n) is 16.7. The fraction of sp³-hybridized carbons (Fsp3) is 0.130. The van der Waals surface area contributed by atoms with E-state index in [0.29, 0.717) is 15.9 Å². The molecule has 1 N–H and O–H groups in total. The van der Waals surface area contributed by atoms with Crippen LogP contribution in [0.1, 0.15) is 4.88 Å². The molecule has 3 aromatic heterocycles. The molecule has 30 heavy (non-hydrogen) atoms. The number of methoxy groups -OCH3 is 1. The van der Waals surface area contributed by atoms with E-state index in [-0.39, 0.29) is 5.56 Å². The second-order valence-corrected chi connectivity index (χ2v) is 8.43. The third-order valence-electron chi connectivity index (χ3n) is 5.43. The van der Waals surface area contributed by atoms with Gasteiger partial charge in [-0.1, -0.05) is 12.1 Å². The summed E-state index contributed by atoms with van der Waals surface area (Å²) >= 11 is 1.42. The molecule has 0 aliphatic heterocycles. The number of fused-ring (bicyclic) bond motifs is 2. The molecule has 0 amide bonds. The highest BCUT2D eigenvalue weighted by atomic mass is 32.1. The second-order valence-electron chi connectivity index (χ2n) is 7.21. The summed E-state index contributed by atoms with van der Waals surface area (Å²) in [7, 11) is 3.58. The summed E-state index contributed by atoms with van der Waals surface area (Å²) in [6.07, 6.45) is 1.95. The van der Waals surface area contributed by atoms with Gasteiger partial charge in [-0.25, -0.2) is 9.36 Å². The van der Waals surface area contributed by atoms with Crippen molar-refractivity contribution in [2.24, 2.45) is 7.05 Å². The van der Waals surface area contributed by atoms with Gasteiger partial charge in [0.2, 0.25) is 0 Å². The number of hydrogen-bond donors (Lipinski definition) is 1. The van der Waals surface area contributed by atoms with Gasteiger partial charge in [0.05, 0.1) is 18.2 Å². The molecule has 0 spiro atoms. The molecule has 7 heteroatoms. The summed E-state index contributed by atoms with van der Waals surface area (Å²) in [4.78, 5) is 30.8. The van der Waals surface area contributed by atoms with Crippen molar-refractivity contribution in [2.45, 2.75) is 6.92 Å².